The van der Waals surface area contributed by atoms with E-state index in [1.54, 1.807) is 0 Å². The Morgan fingerprint density at radius 1 is 1.24 bits per heavy atom. The molecule has 0 radical (unpaired) electrons. The molecule has 0 unspecified atom stereocenters. The monoisotopic (exact) mass is 240 g/mol. The van der Waals surface area contributed by atoms with Crippen molar-refractivity contribution >= 4 is 5.91 Å². The molecule has 3 aliphatic rings. The minimum atomic E-state index is 0.111. The lowest BCUT2D eigenvalue weighted by Gasteiger charge is -2.34. The summed E-state index contributed by atoms with van der Waals surface area (Å²) in [5.41, 5.74) is 0. The number of hydrogen-bond acceptors (Lipinski definition) is 4. The summed E-state index contributed by atoms with van der Waals surface area (Å²) in [4.78, 5) is 15.9. The minimum Gasteiger partial charge on any atom is -0.381 e. The summed E-state index contributed by atoms with van der Waals surface area (Å²) in [6.07, 6.45) is 2.43. The third kappa shape index (κ3) is 2.07. The first-order chi connectivity index (χ1) is 8.25. The molecule has 0 bridgehead atoms. The van der Waals surface area contributed by atoms with E-state index in [1.807, 2.05) is 11.9 Å². The van der Waals surface area contributed by atoms with Crippen molar-refractivity contribution in [2.75, 3.05) is 40.0 Å². The Labute approximate surface area is 102 Å². The third-order valence-corrected chi connectivity index (χ3v) is 4.28. The molecule has 3 fully saturated rings. The van der Waals surface area contributed by atoms with Gasteiger partial charge in [-0.2, -0.15) is 0 Å². The number of amides is 1. The topological polar surface area (TPSA) is 42.0 Å². The van der Waals surface area contributed by atoms with E-state index in [0.29, 0.717) is 6.04 Å². The quantitative estimate of drug-likeness (QED) is 0.631. The molecule has 1 amide bonds. The molecular weight excluding hydrogens is 220 g/mol. The van der Waals surface area contributed by atoms with Gasteiger partial charge in [-0.25, -0.2) is 0 Å². The molecule has 17 heavy (non-hydrogen) atoms. The summed E-state index contributed by atoms with van der Waals surface area (Å²) < 4.78 is 11.0. The van der Waals surface area contributed by atoms with Crippen molar-refractivity contribution in [2.45, 2.75) is 31.0 Å². The first-order valence-corrected chi connectivity index (χ1v) is 6.45. The van der Waals surface area contributed by atoms with Crippen LogP contribution in [0.2, 0.25) is 0 Å². The fourth-order valence-electron chi connectivity index (χ4n) is 3.13. The number of carbonyl (C=O) groups excluding carboxylic acids is 1. The third-order valence-electron chi connectivity index (χ3n) is 4.28. The highest BCUT2D eigenvalue weighted by Crippen LogP contribution is 2.26. The maximum atomic E-state index is 11.6. The normalized spacial score (nSPS) is 36.3. The molecule has 3 rings (SSSR count). The van der Waals surface area contributed by atoms with Crippen molar-refractivity contribution in [1.82, 2.24) is 9.80 Å². The zero-order valence-electron chi connectivity index (χ0n) is 10.3. The average molecular weight is 240 g/mol. The Morgan fingerprint density at radius 2 is 2.00 bits per heavy atom. The van der Waals surface area contributed by atoms with Crippen LogP contribution in [0, 0.1) is 0 Å². The van der Waals surface area contributed by atoms with Crippen LogP contribution in [-0.2, 0) is 14.3 Å². The van der Waals surface area contributed by atoms with Crippen molar-refractivity contribution in [2.24, 2.45) is 0 Å². The molecule has 0 aromatic heterocycles. The van der Waals surface area contributed by atoms with E-state index in [0.717, 1.165) is 39.1 Å². The molecule has 3 saturated heterocycles. The number of carbonyl (C=O) groups is 1. The summed E-state index contributed by atoms with van der Waals surface area (Å²) in [6.45, 7) is 3.90. The number of hydrogen-bond donors (Lipinski definition) is 0. The Hall–Kier alpha value is -0.650. The van der Waals surface area contributed by atoms with Crippen molar-refractivity contribution in [3.8, 4) is 0 Å². The molecule has 0 aromatic carbocycles. The van der Waals surface area contributed by atoms with Crippen LogP contribution >= 0.6 is 0 Å². The van der Waals surface area contributed by atoms with Gasteiger partial charge in [0.15, 0.2) is 0 Å². The van der Waals surface area contributed by atoms with Gasteiger partial charge in [-0.1, -0.05) is 0 Å². The van der Waals surface area contributed by atoms with E-state index in [-0.39, 0.29) is 24.7 Å². The molecule has 3 heterocycles. The number of likely N-dealkylation sites (tertiary alicyclic amines) is 1. The summed E-state index contributed by atoms with van der Waals surface area (Å²) in [5.74, 6) is 0.111. The highest BCUT2D eigenvalue weighted by Gasteiger charge is 2.43. The van der Waals surface area contributed by atoms with Gasteiger partial charge in [0, 0.05) is 39.4 Å². The highest BCUT2D eigenvalue weighted by molar-refractivity contribution is 5.78. The van der Waals surface area contributed by atoms with Gasteiger partial charge >= 0.3 is 0 Å². The zero-order chi connectivity index (χ0) is 11.8. The first-order valence-electron chi connectivity index (χ1n) is 6.45. The predicted octanol–water partition coefficient (Wildman–Crippen LogP) is -0.293. The summed E-state index contributed by atoms with van der Waals surface area (Å²) >= 11 is 0. The van der Waals surface area contributed by atoms with E-state index in [2.05, 4.69) is 4.90 Å². The second kappa shape index (κ2) is 4.55. The Morgan fingerprint density at radius 3 is 2.76 bits per heavy atom. The lowest BCUT2D eigenvalue weighted by Crippen LogP contribution is -2.51. The Bertz CT molecular complexity index is 304. The van der Waals surface area contributed by atoms with Gasteiger partial charge in [-0.15, -0.1) is 0 Å². The molecule has 3 aliphatic heterocycles. The smallest absolute Gasteiger partial charge is 0.248 e. The predicted molar refractivity (Wildman–Crippen MR) is 61.7 cm³/mol. The number of ether oxygens (including phenoxy) is 2. The largest absolute Gasteiger partial charge is 0.381 e. The van der Waals surface area contributed by atoms with Crippen LogP contribution in [0.1, 0.15) is 12.8 Å². The average Bonchev–Trinajstić information content (AvgIpc) is 2.80. The molecule has 0 aliphatic carbocycles. The molecular formula is C12H20N2O3. The van der Waals surface area contributed by atoms with Crippen molar-refractivity contribution in [3.63, 3.8) is 0 Å². The van der Waals surface area contributed by atoms with Crippen LogP contribution in [0.25, 0.3) is 0 Å². The number of fused-ring (bicyclic) bond motifs is 1. The second-order valence-corrected chi connectivity index (χ2v) is 5.22. The van der Waals surface area contributed by atoms with E-state index >= 15 is 0 Å². The van der Waals surface area contributed by atoms with Gasteiger partial charge in [-0.05, 0) is 12.8 Å². The maximum absolute atomic E-state index is 11.6. The number of likely N-dealkylation sites (N-methyl/N-ethyl adjacent to an activating group) is 1. The second-order valence-electron chi connectivity index (χ2n) is 5.22. The van der Waals surface area contributed by atoms with E-state index in [1.165, 1.54) is 0 Å². The van der Waals surface area contributed by atoms with Crippen LogP contribution in [0.5, 0.6) is 0 Å². The van der Waals surface area contributed by atoms with Gasteiger partial charge in [0.25, 0.3) is 0 Å². The standard InChI is InChI=1S/C12H20N2O3/c1-13-10-6-14(9-2-4-16-5-3-9)7-11(10)17-8-12(13)15/h9-11H,2-8H2,1H3/t10-,11+/m1/s1. The lowest BCUT2D eigenvalue weighted by molar-refractivity contribution is -0.150. The molecule has 5 nitrogen and oxygen atoms in total. The minimum absolute atomic E-state index is 0.111. The Kier molecular flexibility index (Phi) is 3.06. The SMILES string of the molecule is CN1C(=O)CO[C@H]2CN(C3CCOCC3)C[C@H]21. The van der Waals surface area contributed by atoms with Crippen molar-refractivity contribution in [1.29, 1.82) is 0 Å². The number of nitrogens with zero attached hydrogens (tertiary/aromatic N) is 2. The van der Waals surface area contributed by atoms with E-state index < -0.39 is 0 Å². The molecule has 0 spiro atoms. The molecule has 0 aromatic rings. The highest BCUT2D eigenvalue weighted by atomic mass is 16.5. The Balaban J connectivity index is 1.65. The fourth-order valence-corrected chi connectivity index (χ4v) is 3.13. The van der Waals surface area contributed by atoms with Crippen LogP contribution in [0.4, 0.5) is 0 Å². The fraction of sp³-hybridized carbons (Fsp3) is 0.917. The number of morpholine rings is 1. The molecule has 96 valence electrons. The molecule has 0 saturated carbocycles. The maximum Gasteiger partial charge on any atom is 0.248 e. The van der Waals surface area contributed by atoms with Gasteiger partial charge in [0.05, 0.1) is 12.1 Å². The summed E-state index contributed by atoms with van der Waals surface area (Å²) in [6, 6.07) is 0.862. The van der Waals surface area contributed by atoms with Gasteiger partial charge in [-0.3, -0.25) is 9.69 Å². The summed E-state index contributed by atoms with van der Waals surface area (Å²) in [7, 11) is 1.90. The van der Waals surface area contributed by atoms with Crippen LogP contribution in [0.15, 0.2) is 0 Å². The van der Waals surface area contributed by atoms with Gasteiger partial charge in [0.1, 0.15) is 6.61 Å². The van der Waals surface area contributed by atoms with Gasteiger partial charge < -0.3 is 14.4 Å². The van der Waals surface area contributed by atoms with Gasteiger partial charge in [0.2, 0.25) is 5.91 Å². The first kappa shape index (κ1) is 11.4. The molecule has 0 N–H and O–H groups in total. The van der Waals surface area contributed by atoms with E-state index in [4.69, 9.17) is 9.47 Å². The number of rotatable bonds is 1. The summed E-state index contributed by atoms with van der Waals surface area (Å²) in [5, 5.41) is 0. The van der Waals surface area contributed by atoms with Crippen LogP contribution in [-0.4, -0.2) is 73.9 Å². The zero-order valence-corrected chi connectivity index (χ0v) is 10.3. The molecule has 2 atom stereocenters. The van der Waals surface area contributed by atoms with Crippen LogP contribution in [0.3, 0.4) is 0 Å². The molecule has 5 heteroatoms. The van der Waals surface area contributed by atoms with E-state index in [9.17, 15) is 4.79 Å². The van der Waals surface area contributed by atoms with Crippen molar-refractivity contribution in [3.05, 3.63) is 0 Å². The lowest BCUT2D eigenvalue weighted by atomic mass is 10.1. The van der Waals surface area contributed by atoms with Crippen LogP contribution < -0.4 is 0 Å². The van der Waals surface area contributed by atoms with Crippen molar-refractivity contribution < 1.29 is 14.3 Å².